The first-order chi connectivity index (χ1) is 6.75. The molecule has 0 aromatic carbocycles. The van der Waals surface area contributed by atoms with Gasteiger partial charge in [-0.3, -0.25) is 19.9 Å². The van der Waals surface area contributed by atoms with E-state index in [1.54, 1.807) is 23.0 Å². The Kier molecular flexibility index (Phi) is 2.58. The van der Waals surface area contributed by atoms with E-state index in [1.165, 1.54) is 0 Å². The number of amides is 2. The molecule has 1 atom stereocenters. The van der Waals surface area contributed by atoms with Gasteiger partial charge < -0.3 is 0 Å². The summed E-state index contributed by atoms with van der Waals surface area (Å²) in [6.45, 7) is 0. The Morgan fingerprint density at radius 1 is 1.57 bits per heavy atom. The van der Waals surface area contributed by atoms with Crippen molar-refractivity contribution in [1.82, 2.24) is 10.3 Å². The van der Waals surface area contributed by atoms with Gasteiger partial charge in [0.15, 0.2) is 0 Å². The van der Waals surface area contributed by atoms with Gasteiger partial charge in [-0.1, -0.05) is 0 Å². The lowest BCUT2D eigenvalue weighted by Gasteiger charge is -2.19. The third-order valence-electron chi connectivity index (χ3n) is 2.28. The van der Waals surface area contributed by atoms with Gasteiger partial charge in [-0.15, -0.1) is 11.3 Å². The Labute approximate surface area is 85.3 Å². The number of hydrogen-bond acceptors (Lipinski definition) is 4. The highest BCUT2D eigenvalue weighted by Crippen LogP contribution is 2.19. The molecule has 5 heteroatoms. The van der Waals surface area contributed by atoms with Gasteiger partial charge in [-0.25, -0.2) is 0 Å². The van der Waals surface area contributed by atoms with Crippen LogP contribution in [0.2, 0.25) is 0 Å². The third-order valence-corrected chi connectivity index (χ3v) is 3.09. The highest BCUT2D eigenvalue weighted by atomic mass is 32.1. The van der Waals surface area contributed by atoms with Crippen LogP contribution in [0.25, 0.3) is 0 Å². The number of hydrogen-bond donors (Lipinski definition) is 1. The minimum atomic E-state index is -0.157. The first-order valence-electron chi connectivity index (χ1n) is 4.47. The molecule has 1 N–H and O–H groups in total. The minimum Gasteiger partial charge on any atom is -0.296 e. The van der Waals surface area contributed by atoms with Gasteiger partial charge in [-0.05, 0) is 12.8 Å². The van der Waals surface area contributed by atoms with Gasteiger partial charge in [0.2, 0.25) is 11.8 Å². The summed E-state index contributed by atoms with van der Waals surface area (Å²) in [7, 11) is 0. The summed E-state index contributed by atoms with van der Waals surface area (Å²) in [6.07, 6.45) is 3.58. The molecular weight excluding hydrogens is 200 g/mol. The smallest absolute Gasteiger partial charge is 0.230 e. The molecule has 1 aromatic rings. The predicted molar refractivity (Wildman–Crippen MR) is 51.7 cm³/mol. The molecule has 14 heavy (non-hydrogen) atoms. The van der Waals surface area contributed by atoms with Crippen LogP contribution in [0.5, 0.6) is 0 Å². The minimum absolute atomic E-state index is 0.0619. The molecule has 1 unspecified atom stereocenters. The zero-order valence-corrected chi connectivity index (χ0v) is 8.34. The summed E-state index contributed by atoms with van der Waals surface area (Å²) >= 11 is 1.54. The Balaban J connectivity index is 1.99. The Morgan fingerprint density at radius 3 is 3.07 bits per heavy atom. The lowest BCUT2D eigenvalue weighted by molar-refractivity contribution is -0.136. The van der Waals surface area contributed by atoms with Crippen LogP contribution in [-0.2, 0) is 16.0 Å². The fraction of sp³-hybridized carbons (Fsp3) is 0.444. The molecule has 0 bridgehead atoms. The molecule has 1 fully saturated rings. The average molecular weight is 210 g/mol. The zero-order chi connectivity index (χ0) is 9.97. The Hall–Kier alpha value is -1.23. The van der Waals surface area contributed by atoms with Crippen molar-refractivity contribution in [2.24, 2.45) is 5.92 Å². The maximum Gasteiger partial charge on any atom is 0.230 e. The molecule has 1 aliphatic heterocycles. The largest absolute Gasteiger partial charge is 0.296 e. The molecular formula is C9H10N2O2S. The van der Waals surface area contributed by atoms with E-state index in [9.17, 15) is 9.59 Å². The predicted octanol–water partition coefficient (Wildman–Crippen LogP) is 0.738. The molecule has 1 aliphatic rings. The SMILES string of the molecule is O=C1CCC(Cc2cncs2)C(=O)N1. The molecule has 4 nitrogen and oxygen atoms in total. The number of rotatable bonds is 2. The van der Waals surface area contributed by atoms with Crippen molar-refractivity contribution in [2.45, 2.75) is 19.3 Å². The molecule has 0 spiro atoms. The maximum atomic E-state index is 11.4. The van der Waals surface area contributed by atoms with Crippen LogP contribution in [0, 0.1) is 5.92 Å². The van der Waals surface area contributed by atoms with Gasteiger partial charge in [0.1, 0.15) is 0 Å². The number of carbonyl (C=O) groups excluding carboxylic acids is 2. The molecule has 2 amide bonds. The Bertz CT molecular complexity index is 348. The van der Waals surface area contributed by atoms with E-state index in [-0.39, 0.29) is 17.7 Å². The lowest BCUT2D eigenvalue weighted by atomic mass is 9.94. The van der Waals surface area contributed by atoms with Gasteiger partial charge in [-0.2, -0.15) is 0 Å². The highest BCUT2D eigenvalue weighted by Gasteiger charge is 2.26. The summed E-state index contributed by atoms with van der Waals surface area (Å²) in [6, 6.07) is 0. The quantitative estimate of drug-likeness (QED) is 0.732. The van der Waals surface area contributed by atoms with Gasteiger partial charge in [0, 0.05) is 23.4 Å². The Morgan fingerprint density at radius 2 is 2.43 bits per heavy atom. The second-order valence-electron chi connectivity index (χ2n) is 3.32. The zero-order valence-electron chi connectivity index (χ0n) is 7.53. The molecule has 74 valence electrons. The van der Waals surface area contributed by atoms with Crippen LogP contribution in [-0.4, -0.2) is 16.8 Å². The summed E-state index contributed by atoms with van der Waals surface area (Å²) < 4.78 is 0. The summed E-state index contributed by atoms with van der Waals surface area (Å²) in [5, 5.41) is 2.35. The molecule has 0 aliphatic carbocycles. The van der Waals surface area contributed by atoms with E-state index in [1.807, 2.05) is 0 Å². The maximum absolute atomic E-state index is 11.4. The van der Waals surface area contributed by atoms with E-state index >= 15 is 0 Å². The number of thiazole rings is 1. The van der Waals surface area contributed by atoms with Gasteiger partial charge in [0.25, 0.3) is 0 Å². The fourth-order valence-corrected chi connectivity index (χ4v) is 2.20. The lowest BCUT2D eigenvalue weighted by Crippen LogP contribution is -2.41. The van der Waals surface area contributed by atoms with Crippen molar-refractivity contribution >= 4 is 23.2 Å². The number of nitrogens with zero attached hydrogens (tertiary/aromatic N) is 1. The second-order valence-corrected chi connectivity index (χ2v) is 4.29. The molecule has 1 aromatic heterocycles. The number of nitrogens with one attached hydrogen (secondary N) is 1. The van der Waals surface area contributed by atoms with Crippen LogP contribution in [0.4, 0.5) is 0 Å². The fourth-order valence-electron chi connectivity index (χ4n) is 1.52. The summed E-state index contributed by atoms with van der Waals surface area (Å²) in [5.41, 5.74) is 1.75. The van der Waals surface area contributed by atoms with Crippen molar-refractivity contribution in [3.05, 3.63) is 16.6 Å². The standard InChI is InChI=1S/C9H10N2O2S/c12-8-2-1-6(9(13)11-8)3-7-4-10-5-14-7/h4-6H,1-3H2,(H,11,12,13). The molecule has 0 radical (unpaired) electrons. The van der Waals surface area contributed by atoms with E-state index in [0.717, 1.165) is 4.88 Å². The van der Waals surface area contributed by atoms with Crippen molar-refractivity contribution in [3.8, 4) is 0 Å². The van der Waals surface area contributed by atoms with Gasteiger partial charge >= 0.3 is 0 Å². The van der Waals surface area contributed by atoms with Crippen LogP contribution in [0.3, 0.4) is 0 Å². The summed E-state index contributed by atoms with van der Waals surface area (Å²) in [4.78, 5) is 27.3. The summed E-state index contributed by atoms with van der Waals surface area (Å²) in [5.74, 6) is -0.363. The van der Waals surface area contributed by atoms with Crippen molar-refractivity contribution in [2.75, 3.05) is 0 Å². The normalized spacial score (nSPS) is 22.1. The topological polar surface area (TPSA) is 59.1 Å². The van der Waals surface area contributed by atoms with E-state index < -0.39 is 0 Å². The van der Waals surface area contributed by atoms with Crippen LogP contribution in [0.1, 0.15) is 17.7 Å². The first-order valence-corrected chi connectivity index (χ1v) is 5.35. The van der Waals surface area contributed by atoms with Crippen molar-refractivity contribution in [1.29, 1.82) is 0 Å². The molecule has 0 saturated carbocycles. The number of piperidine rings is 1. The number of aromatic nitrogens is 1. The third kappa shape index (κ3) is 1.98. The monoisotopic (exact) mass is 210 g/mol. The second kappa shape index (κ2) is 3.88. The van der Waals surface area contributed by atoms with E-state index in [4.69, 9.17) is 0 Å². The first kappa shape index (κ1) is 9.33. The average Bonchev–Trinajstić information content (AvgIpc) is 2.62. The molecule has 2 heterocycles. The van der Waals surface area contributed by atoms with Crippen molar-refractivity contribution in [3.63, 3.8) is 0 Å². The van der Waals surface area contributed by atoms with Crippen LogP contribution < -0.4 is 5.32 Å². The van der Waals surface area contributed by atoms with E-state index in [0.29, 0.717) is 19.3 Å². The highest BCUT2D eigenvalue weighted by molar-refractivity contribution is 7.09. The molecule has 1 saturated heterocycles. The van der Waals surface area contributed by atoms with Crippen LogP contribution in [0.15, 0.2) is 11.7 Å². The van der Waals surface area contributed by atoms with Gasteiger partial charge in [0.05, 0.1) is 5.51 Å². The molecule has 2 rings (SSSR count). The number of carbonyl (C=O) groups is 2. The van der Waals surface area contributed by atoms with Crippen LogP contribution >= 0.6 is 11.3 Å². The van der Waals surface area contributed by atoms with E-state index in [2.05, 4.69) is 10.3 Å². The number of imide groups is 1. The van der Waals surface area contributed by atoms with Crippen molar-refractivity contribution < 1.29 is 9.59 Å².